The molecule has 1 aliphatic rings. The Labute approximate surface area is 166 Å². The fourth-order valence-corrected chi connectivity index (χ4v) is 3.24. The van der Waals surface area contributed by atoms with E-state index in [1.807, 2.05) is 24.3 Å². The Morgan fingerprint density at radius 1 is 1.39 bits per heavy atom. The maximum atomic E-state index is 11.7. The SMILES string of the molecule is CN=C(NCc1cccc(OCC(=O)N(C)C)c1)N1CCCC(CC(N)=O)C1. The molecule has 8 heteroatoms. The van der Waals surface area contributed by atoms with E-state index < -0.39 is 0 Å². The smallest absolute Gasteiger partial charge is 0.259 e. The Morgan fingerprint density at radius 2 is 2.18 bits per heavy atom. The number of nitrogens with two attached hydrogens (primary N) is 1. The highest BCUT2D eigenvalue weighted by molar-refractivity contribution is 5.80. The van der Waals surface area contributed by atoms with Crippen LogP contribution in [-0.4, -0.2) is 68.4 Å². The molecule has 1 aromatic rings. The number of hydrogen-bond acceptors (Lipinski definition) is 4. The molecule has 0 saturated carbocycles. The second kappa shape index (κ2) is 10.5. The van der Waals surface area contributed by atoms with Gasteiger partial charge in [0.15, 0.2) is 12.6 Å². The average Bonchev–Trinajstić information content (AvgIpc) is 2.66. The second-order valence-corrected chi connectivity index (χ2v) is 7.25. The van der Waals surface area contributed by atoms with Crippen LogP contribution in [0.4, 0.5) is 0 Å². The van der Waals surface area contributed by atoms with Gasteiger partial charge in [0.05, 0.1) is 0 Å². The molecule has 1 saturated heterocycles. The summed E-state index contributed by atoms with van der Waals surface area (Å²) < 4.78 is 5.57. The highest BCUT2D eigenvalue weighted by Gasteiger charge is 2.23. The highest BCUT2D eigenvalue weighted by Crippen LogP contribution is 2.19. The van der Waals surface area contributed by atoms with Crippen LogP contribution in [0.15, 0.2) is 29.3 Å². The summed E-state index contributed by atoms with van der Waals surface area (Å²) in [6.07, 6.45) is 2.45. The maximum Gasteiger partial charge on any atom is 0.259 e. The minimum atomic E-state index is -0.251. The topological polar surface area (TPSA) is 100 Å². The highest BCUT2D eigenvalue weighted by atomic mass is 16.5. The van der Waals surface area contributed by atoms with Crippen LogP contribution in [0.2, 0.25) is 0 Å². The number of carbonyl (C=O) groups excluding carboxylic acids is 2. The number of likely N-dealkylation sites (tertiary alicyclic amines) is 1. The molecule has 28 heavy (non-hydrogen) atoms. The van der Waals surface area contributed by atoms with E-state index in [9.17, 15) is 9.59 Å². The van der Waals surface area contributed by atoms with E-state index in [-0.39, 0.29) is 24.3 Å². The van der Waals surface area contributed by atoms with Gasteiger partial charge in [0, 0.05) is 47.2 Å². The molecule has 0 spiro atoms. The number of likely N-dealkylation sites (N-methyl/N-ethyl adjacent to an activating group) is 1. The Hall–Kier alpha value is -2.77. The van der Waals surface area contributed by atoms with Crippen LogP contribution in [0.25, 0.3) is 0 Å². The zero-order chi connectivity index (χ0) is 20.5. The van der Waals surface area contributed by atoms with Gasteiger partial charge in [-0.2, -0.15) is 0 Å². The lowest BCUT2D eigenvalue weighted by Gasteiger charge is -2.34. The van der Waals surface area contributed by atoms with Gasteiger partial charge in [0.25, 0.3) is 5.91 Å². The van der Waals surface area contributed by atoms with E-state index in [4.69, 9.17) is 10.5 Å². The summed E-state index contributed by atoms with van der Waals surface area (Å²) in [5, 5.41) is 3.37. The summed E-state index contributed by atoms with van der Waals surface area (Å²) in [5.41, 5.74) is 6.38. The van der Waals surface area contributed by atoms with Crippen LogP contribution in [-0.2, 0) is 16.1 Å². The molecule has 1 fully saturated rings. The van der Waals surface area contributed by atoms with Gasteiger partial charge in [0.1, 0.15) is 5.75 Å². The molecule has 1 heterocycles. The van der Waals surface area contributed by atoms with Crippen LogP contribution in [0.3, 0.4) is 0 Å². The molecule has 0 aliphatic carbocycles. The van der Waals surface area contributed by atoms with E-state index in [1.165, 1.54) is 4.90 Å². The number of rotatable bonds is 7. The van der Waals surface area contributed by atoms with Crippen molar-refractivity contribution in [2.75, 3.05) is 40.8 Å². The Bertz CT molecular complexity index is 705. The van der Waals surface area contributed by atoms with E-state index >= 15 is 0 Å². The lowest BCUT2D eigenvalue weighted by molar-refractivity contribution is -0.130. The molecule has 0 radical (unpaired) electrons. The summed E-state index contributed by atoms with van der Waals surface area (Å²) in [5.74, 6) is 1.40. The van der Waals surface area contributed by atoms with Crippen molar-refractivity contribution in [3.8, 4) is 5.75 Å². The van der Waals surface area contributed by atoms with Crippen molar-refractivity contribution in [1.82, 2.24) is 15.1 Å². The van der Waals surface area contributed by atoms with Gasteiger partial charge in [-0.3, -0.25) is 14.6 Å². The summed E-state index contributed by atoms with van der Waals surface area (Å²) in [6.45, 7) is 2.28. The van der Waals surface area contributed by atoms with Crippen molar-refractivity contribution in [3.05, 3.63) is 29.8 Å². The fourth-order valence-electron chi connectivity index (χ4n) is 3.24. The summed E-state index contributed by atoms with van der Waals surface area (Å²) in [6, 6.07) is 7.64. The van der Waals surface area contributed by atoms with Crippen molar-refractivity contribution in [2.45, 2.75) is 25.8 Å². The summed E-state index contributed by atoms with van der Waals surface area (Å²) in [7, 11) is 5.16. The normalized spacial score (nSPS) is 17.2. The Balaban J connectivity index is 1.90. The minimum Gasteiger partial charge on any atom is -0.484 e. The number of amides is 2. The standard InChI is InChI=1S/C20H31N5O3/c1-22-20(25-9-5-7-16(13-25)11-18(21)26)23-12-15-6-4-8-17(10-15)28-14-19(27)24(2)3/h4,6,8,10,16H,5,7,9,11-14H2,1-3H3,(H2,21,26)(H,22,23). The molecule has 0 bridgehead atoms. The predicted molar refractivity (Wildman–Crippen MR) is 109 cm³/mol. The van der Waals surface area contributed by atoms with Gasteiger partial charge in [-0.15, -0.1) is 0 Å². The van der Waals surface area contributed by atoms with Crippen molar-refractivity contribution in [2.24, 2.45) is 16.6 Å². The number of carbonyl (C=O) groups is 2. The quantitative estimate of drug-likeness (QED) is 0.531. The van der Waals surface area contributed by atoms with Crippen molar-refractivity contribution < 1.29 is 14.3 Å². The number of aliphatic imine (C=N–C) groups is 1. The number of nitrogens with zero attached hydrogens (tertiary/aromatic N) is 3. The van der Waals surface area contributed by atoms with E-state index in [0.717, 1.165) is 37.5 Å². The molecule has 0 aromatic heterocycles. The maximum absolute atomic E-state index is 11.7. The molecule has 3 N–H and O–H groups in total. The van der Waals surface area contributed by atoms with Crippen molar-refractivity contribution >= 4 is 17.8 Å². The van der Waals surface area contributed by atoms with Gasteiger partial charge in [0.2, 0.25) is 5.91 Å². The molecule has 1 unspecified atom stereocenters. The monoisotopic (exact) mass is 389 g/mol. The number of guanidine groups is 1. The average molecular weight is 390 g/mol. The third-order valence-corrected chi connectivity index (χ3v) is 4.73. The fraction of sp³-hybridized carbons (Fsp3) is 0.550. The van der Waals surface area contributed by atoms with Crippen LogP contribution in [0.1, 0.15) is 24.8 Å². The van der Waals surface area contributed by atoms with Crippen molar-refractivity contribution in [3.63, 3.8) is 0 Å². The molecule has 1 aromatic carbocycles. The Kier molecular flexibility index (Phi) is 8.10. The lowest BCUT2D eigenvalue weighted by Crippen LogP contribution is -2.46. The van der Waals surface area contributed by atoms with Gasteiger partial charge >= 0.3 is 0 Å². The molecule has 2 rings (SSSR count). The van der Waals surface area contributed by atoms with Gasteiger partial charge in [-0.05, 0) is 36.5 Å². The van der Waals surface area contributed by atoms with Gasteiger partial charge < -0.3 is 25.6 Å². The third-order valence-electron chi connectivity index (χ3n) is 4.73. The predicted octanol–water partition coefficient (Wildman–Crippen LogP) is 0.816. The zero-order valence-corrected chi connectivity index (χ0v) is 17.0. The first-order valence-electron chi connectivity index (χ1n) is 9.54. The van der Waals surface area contributed by atoms with Crippen LogP contribution in [0.5, 0.6) is 5.75 Å². The second-order valence-electron chi connectivity index (χ2n) is 7.25. The van der Waals surface area contributed by atoms with Crippen LogP contribution in [0, 0.1) is 5.92 Å². The van der Waals surface area contributed by atoms with E-state index in [0.29, 0.717) is 18.7 Å². The van der Waals surface area contributed by atoms with E-state index in [1.54, 1.807) is 21.1 Å². The van der Waals surface area contributed by atoms with Gasteiger partial charge in [-0.1, -0.05) is 12.1 Å². The number of benzene rings is 1. The lowest BCUT2D eigenvalue weighted by atomic mass is 9.95. The Morgan fingerprint density at radius 3 is 2.86 bits per heavy atom. The minimum absolute atomic E-state index is 0.0145. The molecular weight excluding hydrogens is 358 g/mol. The number of primary amides is 1. The summed E-state index contributed by atoms with van der Waals surface area (Å²) in [4.78, 5) is 30.9. The molecule has 154 valence electrons. The van der Waals surface area contributed by atoms with Crippen LogP contribution < -0.4 is 15.8 Å². The molecular formula is C20H31N5O3. The number of nitrogens with one attached hydrogen (secondary N) is 1. The number of ether oxygens (including phenoxy) is 1. The van der Waals surface area contributed by atoms with E-state index in [2.05, 4.69) is 15.2 Å². The first kappa shape index (κ1) is 21.5. The van der Waals surface area contributed by atoms with Gasteiger partial charge in [-0.25, -0.2) is 0 Å². The molecule has 1 aliphatic heterocycles. The molecule has 2 amide bonds. The van der Waals surface area contributed by atoms with Crippen molar-refractivity contribution in [1.29, 1.82) is 0 Å². The molecule has 8 nitrogen and oxygen atoms in total. The largest absolute Gasteiger partial charge is 0.484 e. The van der Waals surface area contributed by atoms with Crippen LogP contribution >= 0.6 is 0 Å². The zero-order valence-electron chi connectivity index (χ0n) is 17.0. The number of piperidine rings is 1. The molecule has 1 atom stereocenters. The first-order valence-corrected chi connectivity index (χ1v) is 9.54. The number of hydrogen-bond donors (Lipinski definition) is 2. The first-order chi connectivity index (χ1) is 13.4. The summed E-state index contributed by atoms with van der Waals surface area (Å²) >= 11 is 0. The third kappa shape index (κ3) is 6.75.